The van der Waals surface area contributed by atoms with Crippen molar-refractivity contribution in [1.29, 1.82) is 0 Å². The average molecular weight is 440 g/mol. The predicted octanol–water partition coefficient (Wildman–Crippen LogP) is 2.71. The molecular formula is C11H12I2N3+. The highest BCUT2D eigenvalue weighted by molar-refractivity contribution is 14.1. The number of pyridine rings is 1. The fourth-order valence-electron chi connectivity index (χ4n) is 1.09. The molecule has 0 aliphatic heterocycles. The summed E-state index contributed by atoms with van der Waals surface area (Å²) in [6.07, 6.45) is 7.38. The van der Waals surface area contributed by atoms with E-state index < -0.39 is 0 Å². The van der Waals surface area contributed by atoms with E-state index in [-0.39, 0.29) is 0 Å². The maximum atomic E-state index is 4.38. The van der Waals surface area contributed by atoms with Crippen LogP contribution in [0.4, 0.5) is 0 Å². The lowest BCUT2D eigenvalue weighted by Crippen LogP contribution is -2.12. The van der Waals surface area contributed by atoms with Gasteiger partial charge in [0.25, 0.3) is 0 Å². The van der Waals surface area contributed by atoms with Gasteiger partial charge in [0, 0.05) is 29.1 Å². The number of halogens is 2. The molecule has 0 aliphatic rings. The molecule has 0 saturated heterocycles. The van der Waals surface area contributed by atoms with Crippen molar-refractivity contribution in [3.05, 3.63) is 52.6 Å². The molecule has 1 N–H and O–H groups in total. The molecule has 0 aromatic carbocycles. The Morgan fingerprint density at radius 3 is 2.94 bits per heavy atom. The van der Waals surface area contributed by atoms with Crippen molar-refractivity contribution >= 4 is 51.2 Å². The zero-order valence-corrected chi connectivity index (χ0v) is 13.1. The van der Waals surface area contributed by atoms with Gasteiger partial charge in [-0.3, -0.25) is 0 Å². The van der Waals surface area contributed by atoms with E-state index in [1.807, 2.05) is 34.2 Å². The van der Waals surface area contributed by atoms with Crippen molar-refractivity contribution < 1.29 is 2.79 Å². The van der Waals surface area contributed by atoms with Gasteiger partial charge in [0.15, 0.2) is 6.20 Å². The van der Waals surface area contributed by atoms with Crippen LogP contribution in [0.2, 0.25) is 0 Å². The summed E-state index contributed by atoms with van der Waals surface area (Å²) in [5.74, 6) is 0. The number of allylic oxidation sites excluding steroid dienone is 1. The van der Waals surface area contributed by atoms with Crippen LogP contribution >= 0.6 is 45.5 Å². The lowest BCUT2D eigenvalue weighted by molar-refractivity contribution is -0.198. The van der Waals surface area contributed by atoms with Crippen LogP contribution in [-0.2, 0) is 0 Å². The molecule has 84 valence electrons. The lowest BCUT2D eigenvalue weighted by atomic mass is 10.2. The molecule has 0 unspecified atom stereocenters. The number of hydrogen-bond donors (Lipinski definition) is 1. The quantitative estimate of drug-likeness (QED) is 0.444. The maximum Gasteiger partial charge on any atom is 0.354 e. The van der Waals surface area contributed by atoms with E-state index in [0.29, 0.717) is 0 Å². The average Bonchev–Trinajstić information content (AvgIpc) is 2.31. The normalized spacial score (nSPS) is 12.4. The summed E-state index contributed by atoms with van der Waals surface area (Å²) in [6.45, 7) is 3.76. The first-order valence-electron chi connectivity index (χ1n) is 4.60. The summed E-state index contributed by atoms with van der Waals surface area (Å²) in [5.41, 5.74) is 1.94. The minimum atomic E-state index is 0.948. The van der Waals surface area contributed by atoms with E-state index in [9.17, 15) is 0 Å². The highest BCUT2D eigenvalue weighted by atomic mass is 127. The molecule has 0 fully saturated rings. The van der Waals surface area contributed by atoms with Crippen molar-refractivity contribution in [3.8, 4) is 0 Å². The Morgan fingerprint density at radius 1 is 1.62 bits per heavy atom. The first-order valence-corrected chi connectivity index (χ1v) is 6.64. The summed E-state index contributed by atoms with van der Waals surface area (Å²) in [7, 11) is 1.86. The van der Waals surface area contributed by atoms with Gasteiger partial charge in [0.2, 0.25) is 5.71 Å². The van der Waals surface area contributed by atoms with Crippen molar-refractivity contribution in [2.75, 3.05) is 7.05 Å². The Kier molecular flexibility index (Phi) is 5.96. The molecule has 0 saturated carbocycles. The van der Waals surface area contributed by atoms with E-state index in [0.717, 1.165) is 15.0 Å². The van der Waals surface area contributed by atoms with Gasteiger partial charge < -0.3 is 5.32 Å². The van der Waals surface area contributed by atoms with Crippen molar-refractivity contribution in [2.45, 2.75) is 0 Å². The molecule has 16 heavy (non-hydrogen) atoms. The number of nitrogens with zero attached hydrogens (tertiary/aromatic N) is 2. The maximum absolute atomic E-state index is 4.38. The molecule has 0 radical (unpaired) electrons. The van der Waals surface area contributed by atoms with Crippen LogP contribution in [0, 0.1) is 3.57 Å². The largest absolute Gasteiger partial charge is 0.394 e. The van der Waals surface area contributed by atoms with Crippen molar-refractivity contribution in [1.82, 2.24) is 10.3 Å². The summed E-state index contributed by atoms with van der Waals surface area (Å²) < 4.78 is 3.02. The Hall–Kier alpha value is -0.440. The van der Waals surface area contributed by atoms with Gasteiger partial charge in [0.1, 0.15) is 5.69 Å². The van der Waals surface area contributed by atoms with Gasteiger partial charge in [-0.15, -0.1) is 2.79 Å². The minimum Gasteiger partial charge on any atom is -0.394 e. The highest BCUT2D eigenvalue weighted by Crippen LogP contribution is 2.12. The molecule has 1 rings (SSSR count). The van der Waals surface area contributed by atoms with Gasteiger partial charge in [-0.1, -0.05) is 0 Å². The Bertz CT molecular complexity index is 439. The molecular weight excluding hydrogens is 428 g/mol. The van der Waals surface area contributed by atoms with Gasteiger partial charge >= 0.3 is 22.9 Å². The molecule has 0 atom stereocenters. The fourth-order valence-corrected chi connectivity index (χ4v) is 2.10. The monoisotopic (exact) mass is 440 g/mol. The summed E-state index contributed by atoms with van der Waals surface area (Å²) in [6, 6.07) is 3.96. The molecule has 3 nitrogen and oxygen atoms in total. The second-order valence-electron chi connectivity index (χ2n) is 2.83. The smallest absolute Gasteiger partial charge is 0.354 e. The van der Waals surface area contributed by atoms with Crippen molar-refractivity contribution in [2.24, 2.45) is 0 Å². The molecule has 0 amide bonds. The SMILES string of the molecule is C=C/[N+](I)=C(\C=C/NC)c1ncccc1I. The van der Waals surface area contributed by atoms with Gasteiger partial charge in [-0.05, 0) is 41.3 Å². The van der Waals surface area contributed by atoms with Gasteiger partial charge in [-0.2, -0.15) is 0 Å². The number of rotatable bonds is 4. The van der Waals surface area contributed by atoms with Crippen LogP contribution in [0.1, 0.15) is 5.69 Å². The lowest BCUT2D eigenvalue weighted by Gasteiger charge is -1.99. The van der Waals surface area contributed by atoms with E-state index in [1.54, 1.807) is 12.4 Å². The van der Waals surface area contributed by atoms with E-state index in [4.69, 9.17) is 0 Å². The van der Waals surface area contributed by atoms with Crippen molar-refractivity contribution in [3.63, 3.8) is 0 Å². The molecule has 0 bridgehead atoms. The second-order valence-corrected chi connectivity index (χ2v) is 5.04. The Balaban J connectivity index is 3.28. The summed E-state index contributed by atoms with van der Waals surface area (Å²) in [5, 5.41) is 2.97. The fraction of sp³-hybridized carbons (Fsp3) is 0.0909. The topological polar surface area (TPSA) is 27.9 Å². The van der Waals surface area contributed by atoms with E-state index in [2.05, 4.69) is 62.3 Å². The first kappa shape index (κ1) is 13.6. The van der Waals surface area contributed by atoms with Crippen LogP contribution < -0.4 is 5.32 Å². The van der Waals surface area contributed by atoms with E-state index >= 15 is 0 Å². The number of aromatic nitrogens is 1. The molecule has 0 spiro atoms. The zero-order valence-electron chi connectivity index (χ0n) is 8.82. The summed E-state index contributed by atoms with van der Waals surface area (Å²) in [4.78, 5) is 4.38. The first-order chi connectivity index (χ1) is 7.70. The van der Waals surface area contributed by atoms with Crippen LogP contribution in [0.3, 0.4) is 0 Å². The molecule has 1 heterocycles. The number of nitrogens with one attached hydrogen (secondary N) is 1. The predicted molar refractivity (Wildman–Crippen MR) is 83.7 cm³/mol. The second kappa shape index (κ2) is 7.00. The molecule has 1 aromatic rings. The Morgan fingerprint density at radius 2 is 2.38 bits per heavy atom. The third kappa shape index (κ3) is 3.55. The molecule has 0 aliphatic carbocycles. The van der Waals surface area contributed by atoms with Crippen LogP contribution in [0.5, 0.6) is 0 Å². The minimum absolute atomic E-state index is 0.948. The van der Waals surface area contributed by atoms with Crippen LogP contribution in [0.25, 0.3) is 0 Å². The summed E-state index contributed by atoms with van der Waals surface area (Å²) >= 11 is 4.46. The van der Waals surface area contributed by atoms with Crippen LogP contribution in [-0.4, -0.2) is 20.5 Å². The standard InChI is InChI=1S/C11H11I2N3/c1-3-16(13)10(6-8-14-2)11-9(12)5-4-7-15-11/h3-8H,1H2,2H3/p+1. The Labute approximate surface area is 123 Å². The number of hydrogen-bond acceptors (Lipinski definition) is 2. The third-order valence-corrected chi connectivity index (χ3v) is 3.58. The zero-order chi connectivity index (χ0) is 12.0. The van der Waals surface area contributed by atoms with Gasteiger partial charge in [-0.25, -0.2) is 4.98 Å². The van der Waals surface area contributed by atoms with E-state index in [1.165, 1.54) is 0 Å². The highest BCUT2D eigenvalue weighted by Gasteiger charge is 2.15. The van der Waals surface area contributed by atoms with Crippen LogP contribution in [0.15, 0.2) is 43.4 Å². The molecule has 1 aromatic heterocycles. The molecule has 5 heteroatoms. The third-order valence-electron chi connectivity index (χ3n) is 1.80. The van der Waals surface area contributed by atoms with Gasteiger partial charge in [0.05, 0.1) is 0 Å².